The lowest BCUT2D eigenvalue weighted by atomic mass is 10.1. The number of hydrogen-bond acceptors (Lipinski definition) is 6. The van der Waals surface area contributed by atoms with E-state index in [1.807, 2.05) is 25.7 Å². The quantitative estimate of drug-likeness (QED) is 0.630. The Balaban J connectivity index is 2.42. The highest BCUT2D eigenvalue weighted by atomic mass is 32.2. The van der Waals surface area contributed by atoms with Gasteiger partial charge in [0.1, 0.15) is 5.75 Å². The minimum Gasteiger partial charge on any atom is -0.494 e. The summed E-state index contributed by atoms with van der Waals surface area (Å²) in [5.41, 5.74) is -0.425. The normalized spacial score (nSPS) is 13.1. The highest BCUT2D eigenvalue weighted by molar-refractivity contribution is 7.90. The van der Waals surface area contributed by atoms with Crippen molar-refractivity contribution in [1.29, 1.82) is 0 Å². The predicted molar refractivity (Wildman–Crippen MR) is 108 cm³/mol. The molecule has 0 aliphatic carbocycles. The average Bonchev–Trinajstić information content (AvgIpc) is 2.55. The molecule has 0 radical (unpaired) electrons. The number of urea groups is 1. The molecule has 0 unspecified atom stereocenters. The third-order valence-electron chi connectivity index (χ3n) is 3.92. The Bertz CT molecular complexity index is 787. The number of nitrogens with one attached hydrogen (secondary N) is 2. The molecule has 0 saturated carbocycles. The van der Waals surface area contributed by atoms with Crippen molar-refractivity contribution < 1.29 is 22.7 Å². The Morgan fingerprint density at radius 1 is 1.25 bits per heavy atom. The van der Waals surface area contributed by atoms with Crippen molar-refractivity contribution >= 4 is 21.8 Å². The summed E-state index contributed by atoms with van der Waals surface area (Å²) in [4.78, 5) is 26.0. The fourth-order valence-electron chi connectivity index (χ4n) is 2.28. The fraction of sp³-hybridized carbons (Fsp3) is 0.579. The summed E-state index contributed by atoms with van der Waals surface area (Å²) in [6.45, 7) is 8.16. The zero-order valence-corrected chi connectivity index (χ0v) is 18.2. The maximum atomic E-state index is 12.2. The van der Waals surface area contributed by atoms with Gasteiger partial charge < -0.3 is 10.1 Å². The Morgan fingerprint density at radius 2 is 1.89 bits per heavy atom. The van der Waals surface area contributed by atoms with Crippen molar-refractivity contribution in [3.63, 3.8) is 0 Å². The number of amides is 3. The molecule has 8 nitrogen and oxygen atoms in total. The molecule has 2 N–H and O–H groups in total. The topological polar surface area (TPSA) is 105 Å². The average molecular weight is 414 g/mol. The molecule has 0 bridgehead atoms. The lowest BCUT2D eigenvalue weighted by Gasteiger charge is -2.25. The van der Waals surface area contributed by atoms with Gasteiger partial charge in [-0.15, -0.1) is 0 Å². The molecule has 1 atom stereocenters. The standard InChI is InChI=1S/C19H31N3O5S/c1-14(17(23)20-18(24)21-19(2,3)4)22(5)11-8-12-27-15-9-7-10-16(13-15)28(6,25)26/h7,9-10,13-14H,8,11-12H2,1-6H3,(H2,20,21,23,24)/t14-/m0/s1. The highest BCUT2D eigenvalue weighted by Crippen LogP contribution is 2.17. The van der Waals surface area contributed by atoms with Crippen LogP contribution in [0.1, 0.15) is 34.1 Å². The van der Waals surface area contributed by atoms with Gasteiger partial charge in [0.05, 0.1) is 17.5 Å². The summed E-state index contributed by atoms with van der Waals surface area (Å²) in [5, 5.41) is 5.01. The molecule has 1 aromatic carbocycles. The SMILES string of the molecule is C[C@@H](C(=O)NC(=O)NC(C)(C)C)N(C)CCCOc1cccc(S(C)(=O)=O)c1. The Labute approximate surface area is 167 Å². The molecular formula is C19H31N3O5S. The second kappa shape index (κ2) is 9.88. The fourth-order valence-corrected chi connectivity index (χ4v) is 2.94. The smallest absolute Gasteiger partial charge is 0.321 e. The minimum atomic E-state index is -3.28. The van der Waals surface area contributed by atoms with Gasteiger partial charge in [0.2, 0.25) is 5.91 Å². The first-order chi connectivity index (χ1) is 12.8. The van der Waals surface area contributed by atoms with Gasteiger partial charge in [-0.1, -0.05) is 6.07 Å². The number of imide groups is 1. The van der Waals surface area contributed by atoms with Crippen molar-refractivity contribution in [3.8, 4) is 5.75 Å². The van der Waals surface area contributed by atoms with E-state index in [9.17, 15) is 18.0 Å². The molecule has 1 rings (SSSR count). The van der Waals surface area contributed by atoms with Crippen LogP contribution in [0.25, 0.3) is 0 Å². The number of sulfone groups is 1. The zero-order chi connectivity index (χ0) is 21.5. The number of carbonyl (C=O) groups excluding carboxylic acids is 2. The molecule has 1 aromatic rings. The van der Waals surface area contributed by atoms with Crippen molar-refractivity contribution in [2.24, 2.45) is 0 Å². The number of nitrogens with zero attached hydrogens (tertiary/aromatic N) is 1. The van der Waals surface area contributed by atoms with E-state index in [0.29, 0.717) is 25.3 Å². The first-order valence-corrected chi connectivity index (χ1v) is 10.9. The molecule has 0 aromatic heterocycles. The van der Waals surface area contributed by atoms with Crippen molar-refractivity contribution in [2.45, 2.75) is 50.6 Å². The zero-order valence-electron chi connectivity index (χ0n) is 17.4. The van der Waals surface area contributed by atoms with Crippen LogP contribution < -0.4 is 15.4 Å². The molecule has 0 saturated heterocycles. The molecule has 0 heterocycles. The molecule has 0 spiro atoms. The molecule has 158 valence electrons. The van der Waals surface area contributed by atoms with Crippen LogP contribution in [0.2, 0.25) is 0 Å². The molecule has 28 heavy (non-hydrogen) atoms. The van der Waals surface area contributed by atoms with Crippen LogP contribution in [0.15, 0.2) is 29.2 Å². The monoisotopic (exact) mass is 413 g/mol. The molecule has 0 aliphatic heterocycles. The minimum absolute atomic E-state index is 0.209. The van der Waals surface area contributed by atoms with E-state index in [0.717, 1.165) is 6.26 Å². The van der Waals surface area contributed by atoms with E-state index in [2.05, 4.69) is 10.6 Å². The second-order valence-electron chi connectivity index (χ2n) is 7.80. The van der Waals surface area contributed by atoms with Crippen LogP contribution in [0, 0.1) is 0 Å². The largest absolute Gasteiger partial charge is 0.494 e. The number of benzene rings is 1. The van der Waals surface area contributed by atoms with Crippen LogP contribution >= 0.6 is 0 Å². The first kappa shape index (κ1) is 23.9. The van der Waals surface area contributed by atoms with Gasteiger partial charge >= 0.3 is 6.03 Å². The van der Waals surface area contributed by atoms with Gasteiger partial charge in [0, 0.05) is 18.3 Å². The van der Waals surface area contributed by atoms with Crippen molar-refractivity contribution in [2.75, 3.05) is 26.5 Å². The van der Waals surface area contributed by atoms with Crippen LogP contribution in [0.3, 0.4) is 0 Å². The number of rotatable bonds is 8. The lowest BCUT2D eigenvalue weighted by molar-refractivity contribution is -0.124. The van der Waals surface area contributed by atoms with Gasteiger partial charge in [-0.2, -0.15) is 0 Å². The summed E-state index contributed by atoms with van der Waals surface area (Å²) in [7, 11) is -1.49. The van der Waals surface area contributed by atoms with E-state index < -0.39 is 27.4 Å². The molecule has 9 heteroatoms. The summed E-state index contributed by atoms with van der Waals surface area (Å²) >= 11 is 0. The van der Waals surface area contributed by atoms with E-state index in [1.165, 1.54) is 12.1 Å². The Kier molecular flexibility index (Phi) is 8.44. The van der Waals surface area contributed by atoms with Crippen LogP contribution in [-0.4, -0.2) is 63.3 Å². The highest BCUT2D eigenvalue weighted by Gasteiger charge is 2.21. The van der Waals surface area contributed by atoms with Crippen molar-refractivity contribution in [1.82, 2.24) is 15.5 Å². The molecule has 0 aliphatic rings. The molecule has 3 amide bonds. The van der Waals surface area contributed by atoms with Gasteiger partial charge in [-0.05, 0) is 59.4 Å². The van der Waals surface area contributed by atoms with Crippen LogP contribution in [0.4, 0.5) is 4.79 Å². The van der Waals surface area contributed by atoms with E-state index in [4.69, 9.17) is 4.74 Å². The summed E-state index contributed by atoms with van der Waals surface area (Å²) in [6, 6.07) is 5.33. The predicted octanol–water partition coefficient (Wildman–Crippen LogP) is 1.80. The maximum Gasteiger partial charge on any atom is 0.321 e. The molecule has 0 fully saturated rings. The lowest BCUT2D eigenvalue weighted by Crippen LogP contribution is -2.52. The third-order valence-corrected chi connectivity index (χ3v) is 5.03. The van der Waals surface area contributed by atoms with Gasteiger partial charge in [0.25, 0.3) is 0 Å². The first-order valence-electron chi connectivity index (χ1n) is 9.06. The number of carbonyl (C=O) groups is 2. The second-order valence-corrected chi connectivity index (χ2v) is 9.81. The van der Waals surface area contributed by atoms with Crippen molar-refractivity contribution in [3.05, 3.63) is 24.3 Å². The van der Waals surface area contributed by atoms with Crippen LogP contribution in [0.5, 0.6) is 5.75 Å². The van der Waals surface area contributed by atoms with E-state index in [-0.39, 0.29) is 10.8 Å². The Morgan fingerprint density at radius 3 is 2.46 bits per heavy atom. The van der Waals surface area contributed by atoms with Crippen LogP contribution in [-0.2, 0) is 14.6 Å². The summed E-state index contributed by atoms with van der Waals surface area (Å²) in [6.07, 6.45) is 1.78. The molecular weight excluding hydrogens is 382 g/mol. The number of likely N-dealkylation sites (N-methyl/N-ethyl adjacent to an activating group) is 1. The van der Waals surface area contributed by atoms with E-state index >= 15 is 0 Å². The number of hydrogen-bond donors (Lipinski definition) is 2. The van der Waals surface area contributed by atoms with Gasteiger partial charge in [-0.25, -0.2) is 13.2 Å². The van der Waals surface area contributed by atoms with Gasteiger partial charge in [0.15, 0.2) is 9.84 Å². The van der Waals surface area contributed by atoms with E-state index in [1.54, 1.807) is 26.1 Å². The van der Waals surface area contributed by atoms with Gasteiger partial charge in [-0.3, -0.25) is 15.0 Å². The number of ether oxygens (including phenoxy) is 1. The Hall–Kier alpha value is -2.13. The summed E-state index contributed by atoms with van der Waals surface area (Å²) in [5.74, 6) is 0.0984. The third kappa shape index (κ3) is 8.71. The maximum absolute atomic E-state index is 12.2. The summed E-state index contributed by atoms with van der Waals surface area (Å²) < 4.78 is 28.7.